The lowest BCUT2D eigenvalue weighted by Crippen LogP contribution is -2.36. The number of hydrogen-bond donors (Lipinski definition) is 2. The summed E-state index contributed by atoms with van der Waals surface area (Å²) in [6, 6.07) is -0.318. The lowest BCUT2D eigenvalue weighted by Gasteiger charge is -2.12. The average molecular weight is 187 g/mol. The van der Waals surface area contributed by atoms with Crippen LogP contribution in [-0.2, 0) is 14.3 Å². The SMILES string of the molecule is CC(OC(=O)[C@@H]1CCCN1)C(=O)O. The molecule has 0 radical (unpaired) electrons. The molecule has 0 aromatic carbocycles. The molecule has 13 heavy (non-hydrogen) atoms. The molecule has 0 aliphatic carbocycles. The summed E-state index contributed by atoms with van der Waals surface area (Å²) in [5, 5.41) is 11.4. The maximum absolute atomic E-state index is 11.2. The van der Waals surface area contributed by atoms with Gasteiger partial charge in [0.2, 0.25) is 0 Å². The number of esters is 1. The number of carboxylic acid groups (broad SMARTS) is 1. The molecular weight excluding hydrogens is 174 g/mol. The van der Waals surface area contributed by atoms with Crippen LogP contribution in [0.2, 0.25) is 0 Å². The third kappa shape index (κ3) is 2.69. The Balaban J connectivity index is 2.35. The van der Waals surface area contributed by atoms with E-state index >= 15 is 0 Å². The molecule has 2 atom stereocenters. The number of carbonyl (C=O) groups excluding carboxylic acids is 1. The van der Waals surface area contributed by atoms with Crippen molar-refractivity contribution in [1.29, 1.82) is 0 Å². The summed E-state index contributed by atoms with van der Waals surface area (Å²) in [5.74, 6) is -1.58. The van der Waals surface area contributed by atoms with Crippen LogP contribution < -0.4 is 5.32 Å². The predicted octanol–water partition coefficient (Wildman–Crippen LogP) is -0.245. The van der Waals surface area contributed by atoms with Crippen molar-refractivity contribution >= 4 is 11.9 Å². The highest BCUT2D eigenvalue weighted by Gasteiger charge is 2.26. The van der Waals surface area contributed by atoms with Crippen molar-refractivity contribution < 1.29 is 19.4 Å². The molecule has 0 aromatic heterocycles. The molecule has 0 bridgehead atoms. The number of nitrogens with one attached hydrogen (secondary N) is 1. The van der Waals surface area contributed by atoms with Gasteiger partial charge in [0, 0.05) is 0 Å². The van der Waals surface area contributed by atoms with Crippen molar-refractivity contribution in [2.75, 3.05) is 6.54 Å². The minimum atomic E-state index is -1.12. The molecule has 74 valence electrons. The van der Waals surface area contributed by atoms with Crippen molar-refractivity contribution in [3.63, 3.8) is 0 Å². The van der Waals surface area contributed by atoms with Crippen LogP contribution in [-0.4, -0.2) is 35.7 Å². The summed E-state index contributed by atoms with van der Waals surface area (Å²) < 4.78 is 4.69. The Kier molecular flexibility index (Phi) is 3.25. The quantitative estimate of drug-likeness (QED) is 0.596. The molecule has 5 heteroatoms. The second-order valence-corrected chi connectivity index (χ2v) is 3.07. The number of carboxylic acids is 1. The third-order valence-electron chi connectivity index (χ3n) is 1.99. The topological polar surface area (TPSA) is 75.6 Å². The fraction of sp³-hybridized carbons (Fsp3) is 0.750. The monoisotopic (exact) mass is 187 g/mol. The van der Waals surface area contributed by atoms with Gasteiger partial charge in [0.25, 0.3) is 0 Å². The van der Waals surface area contributed by atoms with Gasteiger partial charge < -0.3 is 15.2 Å². The third-order valence-corrected chi connectivity index (χ3v) is 1.99. The van der Waals surface area contributed by atoms with Crippen LogP contribution in [0.15, 0.2) is 0 Å². The molecule has 0 aromatic rings. The normalized spacial score (nSPS) is 23.9. The fourth-order valence-electron chi connectivity index (χ4n) is 1.19. The van der Waals surface area contributed by atoms with Crippen molar-refractivity contribution in [3.8, 4) is 0 Å². The Bertz CT molecular complexity index is 210. The van der Waals surface area contributed by atoms with Crippen LogP contribution in [0.3, 0.4) is 0 Å². The molecule has 0 amide bonds. The molecule has 5 nitrogen and oxygen atoms in total. The first kappa shape index (κ1) is 9.98. The van der Waals surface area contributed by atoms with Gasteiger partial charge in [0.05, 0.1) is 0 Å². The van der Waals surface area contributed by atoms with E-state index in [1.165, 1.54) is 6.92 Å². The number of ether oxygens (including phenoxy) is 1. The van der Waals surface area contributed by atoms with E-state index in [9.17, 15) is 9.59 Å². The Hall–Kier alpha value is -1.10. The summed E-state index contributed by atoms with van der Waals surface area (Å²) in [7, 11) is 0. The zero-order valence-electron chi connectivity index (χ0n) is 7.45. The molecular formula is C8H13NO4. The summed E-state index contributed by atoms with van der Waals surface area (Å²) in [5.41, 5.74) is 0. The van der Waals surface area contributed by atoms with E-state index in [0.717, 1.165) is 19.4 Å². The smallest absolute Gasteiger partial charge is 0.344 e. The Morgan fingerprint density at radius 2 is 2.31 bits per heavy atom. The van der Waals surface area contributed by atoms with Crippen LogP contribution in [0.4, 0.5) is 0 Å². The first-order valence-corrected chi connectivity index (χ1v) is 4.28. The predicted molar refractivity (Wildman–Crippen MR) is 44.2 cm³/mol. The summed E-state index contributed by atoms with van der Waals surface area (Å²) in [4.78, 5) is 21.6. The van der Waals surface area contributed by atoms with Crippen molar-refractivity contribution in [1.82, 2.24) is 5.32 Å². The summed E-state index contributed by atoms with van der Waals surface area (Å²) in [6.45, 7) is 2.14. The second-order valence-electron chi connectivity index (χ2n) is 3.07. The summed E-state index contributed by atoms with van der Waals surface area (Å²) >= 11 is 0. The molecule has 0 saturated carbocycles. The largest absolute Gasteiger partial charge is 0.479 e. The Morgan fingerprint density at radius 1 is 1.62 bits per heavy atom. The zero-order valence-corrected chi connectivity index (χ0v) is 7.45. The molecule has 1 saturated heterocycles. The van der Waals surface area contributed by atoms with Gasteiger partial charge in [0.1, 0.15) is 6.04 Å². The second kappa shape index (κ2) is 4.23. The molecule has 1 unspecified atom stereocenters. The van der Waals surface area contributed by atoms with Gasteiger partial charge in [-0.15, -0.1) is 0 Å². The first-order chi connectivity index (χ1) is 6.11. The van der Waals surface area contributed by atoms with Gasteiger partial charge in [-0.3, -0.25) is 4.79 Å². The molecule has 1 rings (SSSR count). The first-order valence-electron chi connectivity index (χ1n) is 4.28. The molecule has 1 heterocycles. The lowest BCUT2D eigenvalue weighted by molar-refractivity contribution is -0.163. The van der Waals surface area contributed by atoms with Crippen LogP contribution in [0.1, 0.15) is 19.8 Å². The highest BCUT2D eigenvalue weighted by Crippen LogP contribution is 2.07. The summed E-state index contributed by atoms with van der Waals surface area (Å²) in [6.07, 6.45) is 0.599. The van der Waals surface area contributed by atoms with Gasteiger partial charge in [-0.05, 0) is 26.3 Å². The molecule has 0 spiro atoms. The standard InChI is InChI=1S/C8H13NO4/c1-5(7(10)11)13-8(12)6-3-2-4-9-6/h5-6,9H,2-4H2,1H3,(H,10,11)/t5?,6-/m0/s1. The average Bonchev–Trinajstić information content (AvgIpc) is 2.55. The van der Waals surface area contributed by atoms with Crippen LogP contribution in [0.25, 0.3) is 0 Å². The lowest BCUT2D eigenvalue weighted by atomic mass is 10.2. The van der Waals surface area contributed by atoms with Crippen molar-refractivity contribution in [3.05, 3.63) is 0 Å². The van der Waals surface area contributed by atoms with E-state index in [2.05, 4.69) is 5.32 Å². The van der Waals surface area contributed by atoms with E-state index in [1.54, 1.807) is 0 Å². The van der Waals surface area contributed by atoms with Gasteiger partial charge in [0.15, 0.2) is 6.10 Å². The fourth-order valence-corrected chi connectivity index (χ4v) is 1.19. The van der Waals surface area contributed by atoms with Crippen LogP contribution in [0, 0.1) is 0 Å². The maximum Gasteiger partial charge on any atom is 0.344 e. The number of rotatable bonds is 3. The number of hydrogen-bond acceptors (Lipinski definition) is 4. The highest BCUT2D eigenvalue weighted by molar-refractivity contribution is 5.80. The Labute approximate surface area is 76.1 Å². The van der Waals surface area contributed by atoms with E-state index in [-0.39, 0.29) is 6.04 Å². The van der Waals surface area contributed by atoms with Gasteiger partial charge in [-0.25, -0.2) is 4.79 Å². The Morgan fingerprint density at radius 3 is 2.77 bits per heavy atom. The number of aliphatic carboxylic acids is 1. The number of carbonyl (C=O) groups is 2. The molecule has 1 fully saturated rings. The van der Waals surface area contributed by atoms with Gasteiger partial charge in [-0.1, -0.05) is 0 Å². The van der Waals surface area contributed by atoms with E-state index in [1.807, 2.05) is 0 Å². The van der Waals surface area contributed by atoms with Crippen molar-refractivity contribution in [2.45, 2.75) is 31.9 Å². The zero-order chi connectivity index (χ0) is 9.84. The maximum atomic E-state index is 11.2. The minimum Gasteiger partial charge on any atom is -0.479 e. The van der Waals surface area contributed by atoms with E-state index in [0.29, 0.717) is 0 Å². The molecule has 1 aliphatic rings. The van der Waals surface area contributed by atoms with Gasteiger partial charge in [-0.2, -0.15) is 0 Å². The molecule has 1 aliphatic heterocycles. The van der Waals surface area contributed by atoms with Gasteiger partial charge >= 0.3 is 11.9 Å². The van der Waals surface area contributed by atoms with E-state index in [4.69, 9.17) is 9.84 Å². The van der Waals surface area contributed by atoms with Crippen molar-refractivity contribution in [2.24, 2.45) is 0 Å². The molecule has 2 N–H and O–H groups in total. The van der Waals surface area contributed by atoms with Crippen LogP contribution in [0.5, 0.6) is 0 Å². The van der Waals surface area contributed by atoms with E-state index < -0.39 is 18.0 Å². The van der Waals surface area contributed by atoms with Crippen LogP contribution >= 0.6 is 0 Å². The highest BCUT2D eigenvalue weighted by atomic mass is 16.6. The minimum absolute atomic E-state index is 0.318.